The van der Waals surface area contributed by atoms with Gasteiger partial charge in [0.2, 0.25) is 5.91 Å². The molecular formula is C21H19ClFN3O2. The van der Waals surface area contributed by atoms with E-state index in [0.29, 0.717) is 28.4 Å². The second-order valence-corrected chi connectivity index (χ2v) is 7.65. The summed E-state index contributed by atoms with van der Waals surface area (Å²) in [5.74, 6) is -1.60. The van der Waals surface area contributed by atoms with Gasteiger partial charge in [-0.3, -0.25) is 9.59 Å². The minimum absolute atomic E-state index is 0.202. The zero-order valence-corrected chi connectivity index (χ0v) is 16.3. The molecule has 0 fully saturated rings. The van der Waals surface area contributed by atoms with Crippen molar-refractivity contribution < 1.29 is 14.0 Å². The Morgan fingerprint density at radius 2 is 2.11 bits per heavy atom. The topological polar surface area (TPSA) is 73.2 Å². The Balaban J connectivity index is 1.94. The fraction of sp³-hybridized carbons (Fsp3) is 0.286. The molecule has 0 aliphatic carbocycles. The fourth-order valence-corrected chi connectivity index (χ4v) is 3.60. The van der Waals surface area contributed by atoms with Crippen LogP contribution in [0.5, 0.6) is 0 Å². The van der Waals surface area contributed by atoms with Gasteiger partial charge < -0.3 is 10.2 Å². The molecule has 7 heteroatoms. The van der Waals surface area contributed by atoms with Crippen molar-refractivity contribution in [2.45, 2.75) is 19.8 Å². The number of anilines is 1. The molecule has 3 rings (SSSR count). The monoisotopic (exact) mass is 399 g/mol. The number of nitrogens with zero attached hydrogens (tertiary/aromatic N) is 2. The molecule has 1 aliphatic heterocycles. The average molecular weight is 400 g/mol. The Labute approximate surface area is 167 Å². The molecule has 1 N–H and O–H groups in total. The Hall–Kier alpha value is -2.91. The predicted molar refractivity (Wildman–Crippen MR) is 105 cm³/mol. The quantitative estimate of drug-likeness (QED) is 0.837. The molecule has 0 aromatic heterocycles. The van der Waals surface area contributed by atoms with Gasteiger partial charge in [0, 0.05) is 29.4 Å². The van der Waals surface area contributed by atoms with Gasteiger partial charge in [0.15, 0.2) is 0 Å². The van der Waals surface area contributed by atoms with Crippen molar-refractivity contribution in [1.82, 2.24) is 4.90 Å². The maximum absolute atomic E-state index is 13.7. The minimum atomic E-state index is -0.656. The summed E-state index contributed by atoms with van der Waals surface area (Å²) in [5.41, 5.74) is 1.41. The van der Waals surface area contributed by atoms with Gasteiger partial charge in [-0.25, -0.2) is 4.39 Å². The number of carbonyl (C=O) groups is 2. The van der Waals surface area contributed by atoms with E-state index in [1.165, 1.54) is 30.3 Å². The van der Waals surface area contributed by atoms with Crippen LogP contribution in [0, 0.1) is 23.1 Å². The van der Waals surface area contributed by atoms with Crippen molar-refractivity contribution in [1.29, 1.82) is 5.26 Å². The Kier molecular flexibility index (Phi) is 5.66. The lowest BCUT2D eigenvalue weighted by Crippen LogP contribution is -2.45. The normalized spacial score (nSPS) is 15.9. The number of amides is 2. The molecule has 1 atom stereocenters. The zero-order valence-electron chi connectivity index (χ0n) is 15.5. The zero-order chi connectivity index (χ0) is 20.4. The van der Waals surface area contributed by atoms with Gasteiger partial charge in [0.05, 0.1) is 17.6 Å². The first-order valence-corrected chi connectivity index (χ1v) is 9.26. The SMILES string of the molecule is CC(C)CN1C[C@H](C(=O)Nc2cc(Cl)cc(C#N)c2)c2ccc(F)cc2C1=O. The molecule has 2 aromatic carbocycles. The van der Waals surface area contributed by atoms with Crippen LogP contribution in [0.15, 0.2) is 36.4 Å². The Morgan fingerprint density at radius 3 is 2.79 bits per heavy atom. The van der Waals surface area contributed by atoms with Crippen LogP contribution in [0.2, 0.25) is 5.02 Å². The van der Waals surface area contributed by atoms with Crippen LogP contribution in [0.4, 0.5) is 10.1 Å². The molecule has 0 bridgehead atoms. The highest BCUT2D eigenvalue weighted by Crippen LogP contribution is 2.31. The minimum Gasteiger partial charge on any atom is -0.337 e. The van der Waals surface area contributed by atoms with Crippen molar-refractivity contribution in [3.63, 3.8) is 0 Å². The molecule has 0 radical (unpaired) electrons. The van der Waals surface area contributed by atoms with E-state index >= 15 is 0 Å². The first-order chi connectivity index (χ1) is 13.3. The summed E-state index contributed by atoms with van der Waals surface area (Å²) in [4.78, 5) is 27.3. The molecule has 0 spiro atoms. The number of carbonyl (C=O) groups excluding carboxylic acids is 2. The lowest BCUT2D eigenvalue weighted by molar-refractivity contribution is -0.118. The van der Waals surface area contributed by atoms with E-state index in [1.54, 1.807) is 11.0 Å². The van der Waals surface area contributed by atoms with Crippen LogP contribution in [-0.4, -0.2) is 29.8 Å². The van der Waals surface area contributed by atoms with E-state index in [0.717, 1.165) is 0 Å². The number of nitrogens with one attached hydrogen (secondary N) is 1. The maximum Gasteiger partial charge on any atom is 0.254 e. The number of rotatable bonds is 4. The summed E-state index contributed by atoms with van der Waals surface area (Å²) in [6, 6.07) is 10.5. The van der Waals surface area contributed by atoms with Crippen molar-refractivity contribution in [3.8, 4) is 6.07 Å². The van der Waals surface area contributed by atoms with E-state index < -0.39 is 11.7 Å². The lowest BCUT2D eigenvalue weighted by atomic mass is 9.88. The molecule has 1 aliphatic rings. The molecule has 0 unspecified atom stereocenters. The standard InChI is InChI=1S/C21H19ClFN3O2/c1-12(2)10-26-11-19(17-4-3-15(23)8-18(17)21(26)28)20(27)25-16-6-13(9-24)5-14(22)7-16/h3-8,12,19H,10-11H2,1-2H3,(H,25,27)/t19-/m0/s1. The third kappa shape index (κ3) is 4.15. The van der Waals surface area contributed by atoms with Crippen molar-refractivity contribution in [3.05, 3.63) is 63.9 Å². The number of fused-ring (bicyclic) bond motifs is 1. The molecule has 5 nitrogen and oxygen atoms in total. The van der Waals surface area contributed by atoms with E-state index in [1.807, 2.05) is 19.9 Å². The summed E-state index contributed by atoms with van der Waals surface area (Å²) in [6.45, 7) is 4.61. The second kappa shape index (κ2) is 7.99. The van der Waals surface area contributed by atoms with Crippen LogP contribution >= 0.6 is 11.6 Å². The highest BCUT2D eigenvalue weighted by atomic mass is 35.5. The van der Waals surface area contributed by atoms with Gasteiger partial charge >= 0.3 is 0 Å². The molecule has 0 saturated heterocycles. The number of hydrogen-bond donors (Lipinski definition) is 1. The van der Waals surface area contributed by atoms with Crippen LogP contribution in [0.3, 0.4) is 0 Å². The van der Waals surface area contributed by atoms with Crippen molar-refractivity contribution >= 4 is 29.1 Å². The highest BCUT2D eigenvalue weighted by Gasteiger charge is 2.35. The molecule has 28 heavy (non-hydrogen) atoms. The smallest absolute Gasteiger partial charge is 0.254 e. The third-order valence-electron chi connectivity index (χ3n) is 4.51. The van der Waals surface area contributed by atoms with Crippen LogP contribution in [0.25, 0.3) is 0 Å². The summed E-state index contributed by atoms with van der Waals surface area (Å²) >= 11 is 6.00. The largest absolute Gasteiger partial charge is 0.337 e. The lowest BCUT2D eigenvalue weighted by Gasteiger charge is -2.34. The fourth-order valence-electron chi connectivity index (χ4n) is 3.37. The Bertz CT molecular complexity index is 984. The van der Waals surface area contributed by atoms with Gasteiger partial charge in [-0.15, -0.1) is 0 Å². The van der Waals surface area contributed by atoms with Gasteiger partial charge in [0.25, 0.3) is 5.91 Å². The van der Waals surface area contributed by atoms with Crippen molar-refractivity contribution in [2.24, 2.45) is 5.92 Å². The summed E-state index contributed by atoms with van der Waals surface area (Å²) in [7, 11) is 0. The first-order valence-electron chi connectivity index (χ1n) is 8.88. The first kappa shape index (κ1) is 19.8. The van der Waals surface area contributed by atoms with Crippen LogP contribution < -0.4 is 5.32 Å². The van der Waals surface area contributed by atoms with Gasteiger partial charge in [-0.1, -0.05) is 31.5 Å². The van der Waals surface area contributed by atoms with Crippen LogP contribution in [-0.2, 0) is 4.79 Å². The molecule has 1 heterocycles. The summed E-state index contributed by atoms with van der Waals surface area (Å²) in [5, 5.41) is 12.2. The van der Waals surface area contributed by atoms with Crippen molar-refractivity contribution in [2.75, 3.05) is 18.4 Å². The highest BCUT2D eigenvalue weighted by molar-refractivity contribution is 6.31. The molecular weight excluding hydrogens is 381 g/mol. The van der Waals surface area contributed by atoms with E-state index in [-0.39, 0.29) is 29.8 Å². The van der Waals surface area contributed by atoms with Gasteiger partial charge in [-0.05, 0) is 41.8 Å². The van der Waals surface area contributed by atoms with Gasteiger partial charge in [0.1, 0.15) is 5.82 Å². The summed E-state index contributed by atoms with van der Waals surface area (Å²) in [6.07, 6.45) is 0. The average Bonchev–Trinajstić information content (AvgIpc) is 2.63. The molecule has 0 saturated carbocycles. The number of benzene rings is 2. The third-order valence-corrected chi connectivity index (χ3v) is 4.73. The second-order valence-electron chi connectivity index (χ2n) is 7.22. The Morgan fingerprint density at radius 1 is 1.36 bits per heavy atom. The molecule has 2 aromatic rings. The van der Waals surface area contributed by atoms with E-state index in [9.17, 15) is 14.0 Å². The number of hydrogen-bond acceptors (Lipinski definition) is 3. The van der Waals surface area contributed by atoms with E-state index in [4.69, 9.17) is 16.9 Å². The number of nitriles is 1. The van der Waals surface area contributed by atoms with Gasteiger partial charge in [-0.2, -0.15) is 5.26 Å². The van der Waals surface area contributed by atoms with Crippen LogP contribution in [0.1, 0.15) is 41.3 Å². The number of halogens is 2. The predicted octanol–water partition coefficient (Wildman–Crippen LogP) is 4.18. The summed E-state index contributed by atoms with van der Waals surface area (Å²) < 4.78 is 13.7. The molecule has 144 valence electrons. The molecule has 2 amide bonds. The van der Waals surface area contributed by atoms with E-state index in [2.05, 4.69) is 5.32 Å². The maximum atomic E-state index is 13.7.